The lowest BCUT2D eigenvalue weighted by Gasteiger charge is -2.19. The van der Waals surface area contributed by atoms with Gasteiger partial charge in [-0.05, 0) is 73.0 Å². The fourth-order valence-electron chi connectivity index (χ4n) is 4.87. The van der Waals surface area contributed by atoms with Gasteiger partial charge in [-0.1, -0.05) is 54.6 Å². The topological polar surface area (TPSA) is 105 Å². The molecular weight excluding hydrogens is 554 g/mol. The number of hydrogen-bond donors (Lipinski definition) is 2. The van der Waals surface area contributed by atoms with Crippen LogP contribution in [0.25, 0.3) is 11.5 Å². The van der Waals surface area contributed by atoms with Crippen molar-refractivity contribution in [3.63, 3.8) is 0 Å². The van der Waals surface area contributed by atoms with Gasteiger partial charge in [0.2, 0.25) is 5.89 Å². The summed E-state index contributed by atoms with van der Waals surface area (Å²) in [7, 11) is 2.03. The Morgan fingerprint density at radius 3 is 2.27 bits per heavy atom. The number of benzene rings is 4. The number of aliphatic carboxylic acids is 1. The van der Waals surface area contributed by atoms with Crippen molar-refractivity contribution in [3.05, 3.63) is 131 Å². The Hall–Kier alpha value is -5.37. The van der Waals surface area contributed by atoms with E-state index in [9.17, 15) is 9.59 Å². The van der Waals surface area contributed by atoms with Gasteiger partial charge < -0.3 is 24.5 Å². The summed E-state index contributed by atoms with van der Waals surface area (Å²) in [6.07, 6.45) is 0.688. The summed E-state index contributed by atoms with van der Waals surface area (Å²) < 4.78 is 12.0. The van der Waals surface area contributed by atoms with Gasteiger partial charge in [0, 0.05) is 48.9 Å². The van der Waals surface area contributed by atoms with Gasteiger partial charge in [-0.25, -0.2) is 4.98 Å². The van der Waals surface area contributed by atoms with Crippen molar-refractivity contribution in [2.45, 2.75) is 32.7 Å². The van der Waals surface area contributed by atoms with Crippen molar-refractivity contribution in [1.29, 1.82) is 0 Å². The van der Waals surface area contributed by atoms with E-state index < -0.39 is 5.97 Å². The molecule has 0 fully saturated rings. The van der Waals surface area contributed by atoms with Gasteiger partial charge >= 0.3 is 5.97 Å². The van der Waals surface area contributed by atoms with Crippen LogP contribution in [0.4, 0.5) is 11.4 Å². The number of nitrogens with one attached hydrogen (secondary N) is 1. The first kappa shape index (κ1) is 30.1. The van der Waals surface area contributed by atoms with Crippen LogP contribution in [0.5, 0.6) is 5.75 Å². The van der Waals surface area contributed by atoms with Gasteiger partial charge in [0.1, 0.15) is 11.5 Å². The third kappa shape index (κ3) is 7.72. The second-order valence-corrected chi connectivity index (χ2v) is 10.4. The zero-order valence-electron chi connectivity index (χ0n) is 24.8. The zero-order chi connectivity index (χ0) is 30.9. The van der Waals surface area contributed by atoms with Crippen LogP contribution in [0, 0.1) is 6.92 Å². The number of carboxylic acid groups (broad SMARTS) is 1. The van der Waals surface area contributed by atoms with E-state index in [0.29, 0.717) is 42.3 Å². The molecule has 1 aromatic heterocycles. The number of hydrogen-bond acceptors (Lipinski definition) is 6. The average molecular weight is 590 g/mol. The smallest absolute Gasteiger partial charge is 0.303 e. The molecule has 8 heteroatoms. The van der Waals surface area contributed by atoms with E-state index in [1.807, 2.05) is 86.8 Å². The van der Waals surface area contributed by atoms with Gasteiger partial charge in [-0.2, -0.15) is 0 Å². The van der Waals surface area contributed by atoms with Crippen molar-refractivity contribution in [2.75, 3.05) is 18.6 Å². The van der Waals surface area contributed by atoms with Crippen LogP contribution in [0.2, 0.25) is 0 Å². The summed E-state index contributed by atoms with van der Waals surface area (Å²) in [5, 5.41) is 12.1. The third-order valence-electron chi connectivity index (χ3n) is 7.38. The quantitative estimate of drug-likeness (QED) is 0.153. The largest absolute Gasteiger partial charge is 0.493 e. The highest BCUT2D eigenvalue weighted by Gasteiger charge is 2.16. The molecule has 0 saturated carbocycles. The molecule has 0 aliphatic heterocycles. The molecule has 0 spiro atoms. The molecular formula is C36H35N3O5. The van der Waals surface area contributed by atoms with Crippen LogP contribution < -0.4 is 15.0 Å². The summed E-state index contributed by atoms with van der Waals surface area (Å²) >= 11 is 0. The number of aryl methyl sites for hydroxylation is 2. The first-order valence-corrected chi connectivity index (χ1v) is 14.5. The molecule has 0 atom stereocenters. The first-order chi connectivity index (χ1) is 21.4. The standard InChI is InChI=1S/C36H35N3O5/c1-25-33(38-36(44-25)28-13-17-30(18-14-28)39(2)29-11-7-4-8-12-29)21-22-43-31-19-15-27(16-20-34(40)41)32(23-31)35(42)37-24-26-9-5-3-6-10-26/h3-15,17-19,23H,16,20-22,24H2,1-2H3,(H,37,42)(H,40,41). The molecule has 1 heterocycles. The Bertz CT molecular complexity index is 1700. The number of carbonyl (C=O) groups is 2. The molecule has 5 rings (SSSR count). The van der Waals surface area contributed by atoms with Crippen molar-refractivity contribution in [1.82, 2.24) is 10.3 Å². The number of rotatable bonds is 13. The predicted molar refractivity (Wildman–Crippen MR) is 170 cm³/mol. The summed E-state index contributed by atoms with van der Waals surface area (Å²) in [5.74, 6) is 0.593. The lowest BCUT2D eigenvalue weighted by Crippen LogP contribution is -2.24. The second-order valence-electron chi connectivity index (χ2n) is 10.4. The maximum absolute atomic E-state index is 13.1. The number of anilines is 2. The summed E-state index contributed by atoms with van der Waals surface area (Å²) in [6, 6.07) is 33.0. The molecule has 1 amide bonds. The lowest BCUT2D eigenvalue weighted by atomic mass is 10.0. The fraction of sp³-hybridized carbons (Fsp3) is 0.194. The maximum atomic E-state index is 13.1. The molecule has 4 aromatic carbocycles. The zero-order valence-corrected chi connectivity index (χ0v) is 24.8. The highest BCUT2D eigenvalue weighted by molar-refractivity contribution is 5.96. The number of nitrogens with zero attached hydrogens (tertiary/aromatic N) is 2. The number of oxazole rings is 1. The normalized spacial score (nSPS) is 10.8. The monoisotopic (exact) mass is 589 g/mol. The van der Waals surface area contributed by atoms with Crippen molar-refractivity contribution in [2.24, 2.45) is 0 Å². The number of amides is 1. The average Bonchev–Trinajstić information content (AvgIpc) is 3.43. The van der Waals surface area contributed by atoms with Gasteiger partial charge in [-0.15, -0.1) is 0 Å². The Labute approximate surface area is 256 Å². The van der Waals surface area contributed by atoms with Gasteiger partial charge in [-0.3, -0.25) is 9.59 Å². The predicted octanol–water partition coefficient (Wildman–Crippen LogP) is 6.99. The van der Waals surface area contributed by atoms with Crippen LogP contribution in [0.15, 0.2) is 108 Å². The van der Waals surface area contributed by atoms with E-state index in [0.717, 1.165) is 34.0 Å². The Morgan fingerprint density at radius 1 is 0.886 bits per heavy atom. The van der Waals surface area contributed by atoms with Crippen molar-refractivity contribution in [3.8, 4) is 17.2 Å². The number of aromatic nitrogens is 1. The Morgan fingerprint density at radius 2 is 1.57 bits per heavy atom. The molecule has 224 valence electrons. The minimum Gasteiger partial charge on any atom is -0.493 e. The first-order valence-electron chi connectivity index (χ1n) is 14.5. The molecule has 2 N–H and O–H groups in total. The van der Waals surface area contributed by atoms with Crippen LogP contribution in [0.1, 0.15) is 39.4 Å². The van der Waals surface area contributed by atoms with Crippen LogP contribution in [0.3, 0.4) is 0 Å². The van der Waals surface area contributed by atoms with E-state index in [1.54, 1.807) is 18.2 Å². The van der Waals surface area contributed by atoms with Crippen molar-refractivity contribution >= 4 is 23.3 Å². The van der Waals surface area contributed by atoms with E-state index in [-0.39, 0.29) is 18.7 Å². The van der Waals surface area contributed by atoms with Gasteiger partial charge in [0.15, 0.2) is 0 Å². The molecule has 44 heavy (non-hydrogen) atoms. The van der Waals surface area contributed by atoms with Crippen molar-refractivity contribution < 1.29 is 23.8 Å². The molecule has 0 saturated heterocycles. The molecule has 5 aromatic rings. The summed E-state index contributed by atoms with van der Waals surface area (Å²) in [4.78, 5) is 31.1. The number of ether oxygens (including phenoxy) is 1. The van der Waals surface area contributed by atoms with E-state index >= 15 is 0 Å². The molecule has 0 radical (unpaired) electrons. The SMILES string of the molecule is Cc1oc(-c2ccc(N(C)c3ccccc3)cc2)nc1CCOc1ccc(CCC(=O)O)c(C(=O)NCc2ccccc2)c1. The molecule has 0 unspecified atom stereocenters. The lowest BCUT2D eigenvalue weighted by molar-refractivity contribution is -0.136. The highest BCUT2D eigenvalue weighted by Crippen LogP contribution is 2.28. The van der Waals surface area contributed by atoms with Crippen LogP contribution in [-0.2, 0) is 24.2 Å². The second kappa shape index (κ2) is 14.2. The Kier molecular flexibility index (Phi) is 9.71. The Balaban J connectivity index is 1.22. The van der Waals surface area contributed by atoms with E-state index in [4.69, 9.17) is 19.2 Å². The number of carbonyl (C=O) groups excluding carboxylic acids is 1. The van der Waals surface area contributed by atoms with E-state index in [1.165, 1.54) is 0 Å². The van der Waals surface area contributed by atoms with Crippen LogP contribution in [-0.4, -0.2) is 35.6 Å². The number of carboxylic acids is 1. The minimum absolute atomic E-state index is 0.0700. The molecule has 8 nitrogen and oxygen atoms in total. The number of para-hydroxylation sites is 1. The fourth-order valence-corrected chi connectivity index (χ4v) is 4.87. The molecule has 0 aliphatic rings. The summed E-state index contributed by atoms with van der Waals surface area (Å²) in [6.45, 7) is 2.58. The maximum Gasteiger partial charge on any atom is 0.303 e. The molecule has 0 bridgehead atoms. The molecule has 0 aliphatic carbocycles. The third-order valence-corrected chi connectivity index (χ3v) is 7.38. The van der Waals surface area contributed by atoms with Gasteiger partial charge in [0.05, 0.1) is 12.3 Å². The highest BCUT2D eigenvalue weighted by atomic mass is 16.5. The van der Waals surface area contributed by atoms with Crippen LogP contribution >= 0.6 is 0 Å². The van der Waals surface area contributed by atoms with Gasteiger partial charge in [0.25, 0.3) is 5.91 Å². The van der Waals surface area contributed by atoms with E-state index in [2.05, 4.69) is 22.3 Å². The minimum atomic E-state index is -0.918. The summed E-state index contributed by atoms with van der Waals surface area (Å²) in [5.41, 5.74) is 5.86.